The Morgan fingerprint density at radius 2 is 2.05 bits per heavy atom. The summed E-state index contributed by atoms with van der Waals surface area (Å²) in [5, 5.41) is 5.16. The van der Waals surface area contributed by atoms with Crippen molar-refractivity contribution in [2.75, 3.05) is 0 Å². The van der Waals surface area contributed by atoms with Crippen LogP contribution in [0.15, 0.2) is 44.5 Å². The van der Waals surface area contributed by atoms with Gasteiger partial charge in [0.15, 0.2) is 5.82 Å². The molecule has 0 radical (unpaired) electrons. The summed E-state index contributed by atoms with van der Waals surface area (Å²) in [6, 6.07) is 6.97. The molecule has 3 aromatic rings. The minimum Gasteiger partial charge on any atom is -0.274 e. The number of H-pyrrole nitrogens is 1. The first-order valence-corrected chi connectivity index (χ1v) is 6.30. The first kappa shape index (κ1) is 11.9. The number of nitrogens with zero attached hydrogens (tertiary/aromatic N) is 3. The van der Waals surface area contributed by atoms with Crippen molar-refractivity contribution in [3.63, 3.8) is 0 Å². The van der Waals surface area contributed by atoms with Crippen molar-refractivity contribution < 1.29 is 0 Å². The van der Waals surface area contributed by atoms with Crippen molar-refractivity contribution in [2.24, 2.45) is 7.05 Å². The van der Waals surface area contributed by atoms with Gasteiger partial charge in [0, 0.05) is 29.2 Å². The lowest BCUT2D eigenvalue weighted by atomic mass is 10.2. The largest absolute Gasteiger partial charge is 0.334 e. The van der Waals surface area contributed by atoms with Crippen molar-refractivity contribution in [3.8, 4) is 5.82 Å². The highest BCUT2D eigenvalue weighted by Crippen LogP contribution is 2.23. The lowest BCUT2D eigenvalue weighted by Crippen LogP contribution is -2.27. The molecule has 0 atom stereocenters. The van der Waals surface area contributed by atoms with Crippen LogP contribution in [0.4, 0.5) is 0 Å². The molecule has 0 spiro atoms. The first-order valence-electron chi connectivity index (χ1n) is 5.51. The third kappa shape index (κ3) is 1.91. The normalized spacial score (nSPS) is 11.1. The number of halogens is 1. The highest BCUT2D eigenvalue weighted by molar-refractivity contribution is 9.10. The summed E-state index contributed by atoms with van der Waals surface area (Å²) in [6.45, 7) is 0. The predicted octanol–water partition coefficient (Wildman–Crippen LogP) is 1.17. The van der Waals surface area contributed by atoms with Crippen LogP contribution >= 0.6 is 15.9 Å². The molecule has 2 heterocycles. The summed E-state index contributed by atoms with van der Waals surface area (Å²) in [6.07, 6.45) is 1.42. The maximum absolute atomic E-state index is 11.8. The molecule has 0 amide bonds. The van der Waals surface area contributed by atoms with Gasteiger partial charge >= 0.3 is 5.69 Å². The average molecular weight is 321 g/mol. The monoisotopic (exact) mass is 320 g/mol. The van der Waals surface area contributed by atoms with Crippen molar-refractivity contribution in [1.82, 2.24) is 19.3 Å². The molecule has 2 aromatic heterocycles. The van der Waals surface area contributed by atoms with E-state index in [0.717, 1.165) is 15.4 Å². The van der Waals surface area contributed by atoms with E-state index in [1.165, 1.54) is 16.8 Å². The molecule has 7 heteroatoms. The molecule has 3 rings (SSSR count). The van der Waals surface area contributed by atoms with Crippen LogP contribution in [0.2, 0.25) is 0 Å². The number of hydrogen-bond acceptors (Lipinski definition) is 3. The minimum atomic E-state index is -0.504. The smallest absolute Gasteiger partial charge is 0.274 e. The average Bonchev–Trinajstić information content (AvgIpc) is 2.66. The Hall–Kier alpha value is -2.15. The second-order valence-electron chi connectivity index (χ2n) is 4.09. The third-order valence-electron chi connectivity index (χ3n) is 2.85. The Morgan fingerprint density at radius 1 is 1.26 bits per heavy atom. The number of aryl methyl sites for hydroxylation is 1. The molecule has 0 saturated carbocycles. The molecule has 0 saturated heterocycles. The van der Waals surface area contributed by atoms with E-state index in [4.69, 9.17) is 0 Å². The SMILES string of the molecule is Cn1nc(-n2ccc(=O)[nH]c2=O)c2ccc(Br)cc21. The first-order chi connectivity index (χ1) is 9.06. The molecule has 0 bridgehead atoms. The fourth-order valence-electron chi connectivity index (χ4n) is 1.97. The third-order valence-corrected chi connectivity index (χ3v) is 3.34. The van der Waals surface area contributed by atoms with E-state index in [1.54, 1.807) is 11.7 Å². The molecule has 1 N–H and O–H groups in total. The van der Waals surface area contributed by atoms with Crippen molar-refractivity contribution in [3.05, 3.63) is 55.8 Å². The number of fused-ring (bicyclic) bond motifs is 1. The summed E-state index contributed by atoms with van der Waals surface area (Å²) < 4.78 is 3.94. The van der Waals surface area contributed by atoms with Crippen molar-refractivity contribution in [2.45, 2.75) is 0 Å². The van der Waals surface area contributed by atoms with Crippen molar-refractivity contribution in [1.29, 1.82) is 0 Å². The number of aromatic amines is 1. The maximum Gasteiger partial charge on any atom is 0.334 e. The van der Waals surface area contributed by atoms with Gasteiger partial charge in [0.2, 0.25) is 0 Å². The Balaban J connectivity index is 2.37. The van der Waals surface area contributed by atoms with Gasteiger partial charge < -0.3 is 0 Å². The Labute approximate surface area is 115 Å². The number of rotatable bonds is 1. The van der Waals surface area contributed by atoms with Gasteiger partial charge in [-0.2, -0.15) is 5.10 Å². The molecule has 0 unspecified atom stereocenters. The summed E-state index contributed by atoms with van der Waals surface area (Å²) in [4.78, 5) is 25.1. The van der Waals surface area contributed by atoms with E-state index < -0.39 is 11.2 Å². The zero-order valence-electron chi connectivity index (χ0n) is 9.92. The Kier molecular flexibility index (Phi) is 2.63. The zero-order chi connectivity index (χ0) is 13.6. The molecule has 1 aromatic carbocycles. The molecule has 19 heavy (non-hydrogen) atoms. The van der Waals surface area contributed by atoms with E-state index in [9.17, 15) is 9.59 Å². The van der Waals surface area contributed by atoms with Crippen LogP contribution in [-0.2, 0) is 7.05 Å². The maximum atomic E-state index is 11.8. The highest BCUT2D eigenvalue weighted by atomic mass is 79.9. The fourth-order valence-corrected chi connectivity index (χ4v) is 2.32. The number of nitrogens with one attached hydrogen (secondary N) is 1. The quantitative estimate of drug-likeness (QED) is 0.731. The molecule has 6 nitrogen and oxygen atoms in total. The van der Waals surface area contributed by atoms with Crippen LogP contribution in [0.1, 0.15) is 0 Å². The Bertz CT molecular complexity index is 891. The Morgan fingerprint density at radius 3 is 2.79 bits per heavy atom. The fraction of sp³-hybridized carbons (Fsp3) is 0.0833. The molecule has 0 aliphatic heterocycles. The van der Waals surface area contributed by atoms with Crippen LogP contribution in [-0.4, -0.2) is 19.3 Å². The van der Waals surface area contributed by atoms with E-state index in [1.807, 2.05) is 18.2 Å². The number of hydrogen-bond donors (Lipinski definition) is 1. The number of benzene rings is 1. The molecule has 0 fully saturated rings. The summed E-state index contributed by atoms with van der Waals surface area (Å²) in [7, 11) is 1.80. The molecule has 96 valence electrons. The van der Waals surface area contributed by atoms with E-state index in [0.29, 0.717) is 5.82 Å². The van der Waals surface area contributed by atoms with Crippen LogP contribution in [0.3, 0.4) is 0 Å². The van der Waals surface area contributed by atoms with Gasteiger partial charge in [-0.3, -0.25) is 19.0 Å². The van der Waals surface area contributed by atoms with Gasteiger partial charge in [0.25, 0.3) is 5.56 Å². The van der Waals surface area contributed by atoms with Crippen molar-refractivity contribution >= 4 is 26.8 Å². The standard InChI is InChI=1S/C12H9BrN4O2/c1-16-9-6-7(13)2-3-8(9)11(15-16)17-5-4-10(18)14-12(17)19/h2-6H,1H3,(H,14,18,19). The topological polar surface area (TPSA) is 72.7 Å². The van der Waals surface area contributed by atoms with Gasteiger partial charge in [0.05, 0.1) is 5.52 Å². The number of aromatic nitrogens is 4. The van der Waals surface area contributed by atoms with Crippen LogP contribution in [0, 0.1) is 0 Å². The summed E-state index contributed by atoms with van der Waals surface area (Å²) in [5.74, 6) is 0.492. The molecular formula is C12H9BrN4O2. The molecule has 0 aliphatic rings. The van der Waals surface area contributed by atoms with Gasteiger partial charge in [-0.1, -0.05) is 15.9 Å². The van der Waals surface area contributed by atoms with Gasteiger partial charge in [-0.15, -0.1) is 0 Å². The van der Waals surface area contributed by atoms with Crippen LogP contribution < -0.4 is 11.2 Å². The minimum absolute atomic E-state index is 0.427. The van der Waals surface area contributed by atoms with E-state index in [-0.39, 0.29) is 0 Å². The predicted molar refractivity (Wildman–Crippen MR) is 74.6 cm³/mol. The van der Waals surface area contributed by atoms with Gasteiger partial charge in [0.1, 0.15) is 0 Å². The second kappa shape index (κ2) is 4.20. The lowest BCUT2D eigenvalue weighted by molar-refractivity contribution is 0.759. The van der Waals surface area contributed by atoms with E-state index >= 15 is 0 Å². The lowest BCUT2D eigenvalue weighted by Gasteiger charge is -2.00. The second-order valence-corrected chi connectivity index (χ2v) is 5.00. The van der Waals surface area contributed by atoms with Gasteiger partial charge in [-0.25, -0.2) is 4.79 Å². The summed E-state index contributed by atoms with van der Waals surface area (Å²) >= 11 is 3.40. The molecule has 0 aliphatic carbocycles. The van der Waals surface area contributed by atoms with E-state index in [2.05, 4.69) is 26.0 Å². The highest BCUT2D eigenvalue weighted by Gasteiger charge is 2.11. The van der Waals surface area contributed by atoms with Crippen LogP contribution in [0.5, 0.6) is 0 Å². The summed E-state index contributed by atoms with van der Waals surface area (Å²) in [5.41, 5.74) is -0.0397. The van der Waals surface area contributed by atoms with Crippen LogP contribution in [0.25, 0.3) is 16.7 Å². The zero-order valence-corrected chi connectivity index (χ0v) is 11.5. The van der Waals surface area contributed by atoms with Gasteiger partial charge in [-0.05, 0) is 18.2 Å². The molecular weight excluding hydrogens is 312 g/mol.